The predicted molar refractivity (Wildman–Crippen MR) is 108 cm³/mol. The smallest absolute Gasteiger partial charge is 0.231 e. The van der Waals surface area contributed by atoms with Crippen molar-refractivity contribution in [3.05, 3.63) is 47.5 Å². The zero-order valence-corrected chi connectivity index (χ0v) is 16.6. The van der Waals surface area contributed by atoms with Crippen molar-refractivity contribution < 1.29 is 18.9 Å². The molecule has 2 aromatic rings. The van der Waals surface area contributed by atoms with Crippen LogP contribution in [0.15, 0.2) is 36.4 Å². The quantitative estimate of drug-likeness (QED) is 0.787. The van der Waals surface area contributed by atoms with Crippen molar-refractivity contribution in [1.82, 2.24) is 4.90 Å². The highest BCUT2D eigenvalue weighted by atomic mass is 16.7. The molecular weight excluding hydrogens is 356 g/mol. The summed E-state index contributed by atoms with van der Waals surface area (Å²) in [7, 11) is 3.41. The fraction of sp³-hybridized carbons (Fsp3) is 0.455. The maximum absolute atomic E-state index is 5.49. The molecule has 2 heterocycles. The van der Waals surface area contributed by atoms with Gasteiger partial charge in [0, 0.05) is 43.6 Å². The van der Waals surface area contributed by atoms with Crippen molar-refractivity contribution in [2.75, 3.05) is 39.4 Å². The monoisotopic (exact) mass is 384 g/mol. The number of hydrogen-bond donors (Lipinski definition) is 1. The molecule has 0 saturated carbocycles. The highest BCUT2D eigenvalue weighted by molar-refractivity contribution is 5.56. The Hall–Kier alpha value is -2.44. The summed E-state index contributed by atoms with van der Waals surface area (Å²) in [5.41, 5.74) is 3.47. The van der Waals surface area contributed by atoms with Crippen LogP contribution in [0.5, 0.6) is 17.2 Å². The van der Waals surface area contributed by atoms with Gasteiger partial charge in [-0.25, -0.2) is 0 Å². The van der Waals surface area contributed by atoms with Crippen LogP contribution in [-0.4, -0.2) is 45.0 Å². The fourth-order valence-corrected chi connectivity index (χ4v) is 4.00. The lowest BCUT2D eigenvalue weighted by atomic mass is 10.0. The lowest BCUT2D eigenvalue weighted by Gasteiger charge is -2.34. The summed E-state index contributed by atoms with van der Waals surface area (Å²) >= 11 is 0. The zero-order valence-electron chi connectivity index (χ0n) is 16.6. The summed E-state index contributed by atoms with van der Waals surface area (Å²) in [4.78, 5) is 2.51. The molecule has 150 valence electrons. The van der Waals surface area contributed by atoms with Gasteiger partial charge in [0.25, 0.3) is 0 Å². The Bertz CT molecular complexity index is 811. The minimum absolute atomic E-state index is 0.308. The lowest BCUT2D eigenvalue weighted by molar-refractivity contribution is 0.174. The number of rotatable bonds is 7. The van der Waals surface area contributed by atoms with Crippen LogP contribution < -0.4 is 19.5 Å². The van der Waals surface area contributed by atoms with Gasteiger partial charge >= 0.3 is 0 Å². The molecule has 6 nitrogen and oxygen atoms in total. The Kier molecular flexibility index (Phi) is 5.88. The Labute approximate surface area is 166 Å². The molecule has 1 saturated heterocycles. The van der Waals surface area contributed by atoms with E-state index in [-0.39, 0.29) is 0 Å². The predicted octanol–water partition coefficient (Wildman–Crippen LogP) is 3.65. The third kappa shape index (κ3) is 4.34. The fourth-order valence-electron chi connectivity index (χ4n) is 4.00. The summed E-state index contributed by atoms with van der Waals surface area (Å²) in [6, 6.07) is 12.9. The SMILES string of the molecule is COCc1cc(CN2CCCC(Nc3ccc4c(c3)OCO4)C2)ccc1OC. The summed E-state index contributed by atoms with van der Waals surface area (Å²) < 4.78 is 21.6. The molecule has 0 radical (unpaired) electrons. The first-order valence-corrected chi connectivity index (χ1v) is 9.78. The Morgan fingerprint density at radius 1 is 1.11 bits per heavy atom. The van der Waals surface area contributed by atoms with Crippen LogP contribution in [0.2, 0.25) is 0 Å². The molecule has 1 fully saturated rings. The summed E-state index contributed by atoms with van der Waals surface area (Å²) in [6.07, 6.45) is 2.35. The van der Waals surface area contributed by atoms with Crippen LogP contribution in [0.25, 0.3) is 0 Å². The Morgan fingerprint density at radius 2 is 2.00 bits per heavy atom. The number of anilines is 1. The number of piperidine rings is 1. The van der Waals surface area contributed by atoms with E-state index < -0.39 is 0 Å². The van der Waals surface area contributed by atoms with E-state index in [0.717, 1.165) is 48.1 Å². The van der Waals surface area contributed by atoms with E-state index >= 15 is 0 Å². The molecule has 4 rings (SSSR count). The van der Waals surface area contributed by atoms with Crippen LogP contribution >= 0.6 is 0 Å². The minimum atomic E-state index is 0.308. The van der Waals surface area contributed by atoms with E-state index in [4.69, 9.17) is 18.9 Å². The molecule has 0 aliphatic carbocycles. The highest BCUT2D eigenvalue weighted by Crippen LogP contribution is 2.34. The first-order valence-electron chi connectivity index (χ1n) is 9.78. The van der Waals surface area contributed by atoms with Gasteiger partial charge in [-0.15, -0.1) is 0 Å². The van der Waals surface area contributed by atoms with Crippen molar-refractivity contribution in [1.29, 1.82) is 0 Å². The molecule has 1 unspecified atom stereocenters. The molecule has 0 spiro atoms. The van der Waals surface area contributed by atoms with Gasteiger partial charge in [0.15, 0.2) is 11.5 Å². The van der Waals surface area contributed by atoms with Gasteiger partial charge < -0.3 is 24.3 Å². The average Bonchev–Trinajstić information content (AvgIpc) is 3.17. The van der Waals surface area contributed by atoms with Crippen LogP contribution in [0.1, 0.15) is 24.0 Å². The Balaban J connectivity index is 1.38. The van der Waals surface area contributed by atoms with Crippen molar-refractivity contribution in [3.8, 4) is 17.2 Å². The normalized spacial score (nSPS) is 18.9. The second-order valence-corrected chi connectivity index (χ2v) is 7.37. The minimum Gasteiger partial charge on any atom is -0.496 e. The molecular formula is C22H28N2O4. The van der Waals surface area contributed by atoms with Crippen LogP contribution in [0.3, 0.4) is 0 Å². The van der Waals surface area contributed by atoms with Crippen molar-refractivity contribution in [3.63, 3.8) is 0 Å². The lowest BCUT2D eigenvalue weighted by Crippen LogP contribution is -2.41. The molecule has 6 heteroatoms. The molecule has 28 heavy (non-hydrogen) atoms. The van der Waals surface area contributed by atoms with E-state index in [1.165, 1.54) is 18.4 Å². The number of likely N-dealkylation sites (tertiary alicyclic amines) is 1. The number of nitrogens with one attached hydrogen (secondary N) is 1. The summed E-state index contributed by atoms with van der Waals surface area (Å²) in [6.45, 7) is 3.93. The number of fused-ring (bicyclic) bond motifs is 1. The average molecular weight is 384 g/mol. The van der Waals surface area contributed by atoms with Crippen molar-refractivity contribution >= 4 is 5.69 Å². The number of hydrogen-bond acceptors (Lipinski definition) is 6. The van der Waals surface area contributed by atoms with E-state index in [1.54, 1.807) is 14.2 Å². The van der Waals surface area contributed by atoms with Gasteiger partial charge in [-0.1, -0.05) is 6.07 Å². The standard InChI is InChI=1S/C22H28N2O4/c1-25-14-17-10-16(5-7-20(17)26-2)12-24-9-3-4-19(13-24)23-18-6-8-21-22(11-18)28-15-27-21/h5-8,10-11,19,23H,3-4,9,12-15H2,1-2H3. The largest absolute Gasteiger partial charge is 0.496 e. The maximum Gasteiger partial charge on any atom is 0.231 e. The van der Waals surface area contributed by atoms with E-state index in [2.05, 4.69) is 28.4 Å². The van der Waals surface area contributed by atoms with Crippen LogP contribution in [0, 0.1) is 0 Å². The van der Waals surface area contributed by atoms with E-state index in [9.17, 15) is 0 Å². The third-order valence-electron chi connectivity index (χ3n) is 5.30. The molecule has 2 aliphatic heterocycles. The van der Waals surface area contributed by atoms with Gasteiger partial charge in [0.1, 0.15) is 5.75 Å². The second kappa shape index (κ2) is 8.71. The molecule has 2 aliphatic rings. The van der Waals surface area contributed by atoms with Crippen LogP contribution in [0.4, 0.5) is 5.69 Å². The molecule has 0 aromatic heterocycles. The first-order chi connectivity index (χ1) is 13.7. The number of ether oxygens (including phenoxy) is 4. The molecule has 1 N–H and O–H groups in total. The van der Waals surface area contributed by atoms with Crippen LogP contribution in [-0.2, 0) is 17.9 Å². The topological polar surface area (TPSA) is 52.2 Å². The highest BCUT2D eigenvalue weighted by Gasteiger charge is 2.21. The molecule has 2 aromatic carbocycles. The van der Waals surface area contributed by atoms with Gasteiger partial charge in [-0.3, -0.25) is 4.90 Å². The first kappa shape index (κ1) is 18.9. The molecule has 1 atom stereocenters. The van der Waals surface area contributed by atoms with E-state index in [0.29, 0.717) is 19.4 Å². The van der Waals surface area contributed by atoms with Gasteiger partial charge in [0.05, 0.1) is 13.7 Å². The van der Waals surface area contributed by atoms with Crippen molar-refractivity contribution in [2.24, 2.45) is 0 Å². The Morgan fingerprint density at radius 3 is 2.86 bits per heavy atom. The van der Waals surface area contributed by atoms with E-state index in [1.807, 2.05) is 18.2 Å². The van der Waals surface area contributed by atoms with Gasteiger partial charge in [-0.05, 0) is 49.2 Å². The number of methoxy groups -OCH3 is 2. The molecule has 0 amide bonds. The van der Waals surface area contributed by atoms with Gasteiger partial charge in [-0.2, -0.15) is 0 Å². The number of benzene rings is 2. The molecule has 0 bridgehead atoms. The summed E-state index contributed by atoms with van der Waals surface area (Å²) in [5, 5.41) is 3.66. The number of nitrogens with zero attached hydrogens (tertiary/aromatic N) is 1. The second-order valence-electron chi connectivity index (χ2n) is 7.37. The zero-order chi connectivity index (χ0) is 19.3. The summed E-state index contributed by atoms with van der Waals surface area (Å²) in [5.74, 6) is 2.52. The third-order valence-corrected chi connectivity index (χ3v) is 5.30. The maximum atomic E-state index is 5.49. The van der Waals surface area contributed by atoms with Gasteiger partial charge in [0.2, 0.25) is 6.79 Å². The van der Waals surface area contributed by atoms with Crippen molar-refractivity contribution in [2.45, 2.75) is 32.0 Å².